The lowest BCUT2D eigenvalue weighted by Crippen LogP contribution is -2.21. The zero-order valence-corrected chi connectivity index (χ0v) is 18.0. The number of primary amides is 2. The number of hydrogen-bond acceptors (Lipinski definition) is 5. The zero-order chi connectivity index (χ0) is 23.0. The first-order chi connectivity index (χ1) is 15.3. The number of hydrogen-bond donors (Lipinski definition) is 2. The van der Waals surface area contributed by atoms with Gasteiger partial charge in [0.25, 0.3) is 5.91 Å². The van der Waals surface area contributed by atoms with Gasteiger partial charge in [-0.1, -0.05) is 30.3 Å². The molecule has 0 spiro atoms. The number of rotatable bonds is 6. The molecule has 32 heavy (non-hydrogen) atoms. The first-order valence-corrected chi connectivity index (χ1v) is 10.0. The first kappa shape index (κ1) is 21.0. The van der Waals surface area contributed by atoms with Crippen LogP contribution in [0.3, 0.4) is 0 Å². The number of fused-ring (bicyclic) bond motifs is 1. The smallest absolute Gasteiger partial charge is 0.267 e. The molecule has 4 rings (SSSR count). The van der Waals surface area contributed by atoms with Crippen LogP contribution in [0.2, 0.25) is 0 Å². The Labute approximate surface area is 184 Å². The third-order valence-electron chi connectivity index (χ3n) is 5.47. The quantitative estimate of drug-likeness (QED) is 0.487. The van der Waals surface area contributed by atoms with E-state index in [9.17, 15) is 9.59 Å². The van der Waals surface area contributed by atoms with E-state index in [2.05, 4.69) is 10.1 Å². The number of nitrogens with zero attached hydrogens (tertiary/aromatic N) is 3. The van der Waals surface area contributed by atoms with Gasteiger partial charge in [0.15, 0.2) is 0 Å². The fourth-order valence-electron chi connectivity index (χ4n) is 4.05. The summed E-state index contributed by atoms with van der Waals surface area (Å²) in [5.74, 6) is -0.664. The Kier molecular flexibility index (Phi) is 5.36. The normalized spacial score (nSPS) is 11.0. The summed E-state index contributed by atoms with van der Waals surface area (Å²) in [6.45, 7) is 4.16. The van der Waals surface area contributed by atoms with E-state index in [1.165, 1.54) is 0 Å². The summed E-state index contributed by atoms with van der Waals surface area (Å²) in [7, 11) is 1.62. The first-order valence-electron chi connectivity index (χ1n) is 10.0. The van der Waals surface area contributed by atoms with Gasteiger partial charge in [0.05, 0.1) is 30.4 Å². The van der Waals surface area contributed by atoms with Crippen molar-refractivity contribution < 1.29 is 14.3 Å². The Morgan fingerprint density at radius 1 is 1.00 bits per heavy atom. The monoisotopic (exact) mass is 429 g/mol. The Hall–Kier alpha value is -4.20. The average Bonchev–Trinajstić information content (AvgIpc) is 3.04. The third kappa shape index (κ3) is 3.56. The van der Waals surface area contributed by atoms with Gasteiger partial charge in [0, 0.05) is 22.2 Å². The summed E-state index contributed by atoms with van der Waals surface area (Å²) in [6, 6.07) is 14.7. The van der Waals surface area contributed by atoms with Crippen LogP contribution >= 0.6 is 0 Å². The van der Waals surface area contributed by atoms with E-state index < -0.39 is 11.8 Å². The molecule has 4 N–H and O–H groups in total. The molecule has 0 fully saturated rings. The Morgan fingerprint density at radius 2 is 1.75 bits per heavy atom. The van der Waals surface area contributed by atoms with Crippen LogP contribution in [0.15, 0.2) is 48.5 Å². The minimum Gasteiger partial charge on any atom is -0.497 e. The average molecular weight is 429 g/mol. The third-order valence-corrected chi connectivity index (χ3v) is 5.47. The number of amides is 2. The van der Waals surface area contributed by atoms with Gasteiger partial charge < -0.3 is 16.2 Å². The number of ether oxygens (including phenoxy) is 1. The number of carbonyl (C=O) groups is 2. The minimum absolute atomic E-state index is 0.00960. The highest BCUT2D eigenvalue weighted by Gasteiger charge is 2.27. The molecule has 0 saturated carbocycles. The lowest BCUT2D eigenvalue weighted by Gasteiger charge is -2.15. The predicted octanol–water partition coefficient (Wildman–Crippen LogP) is 2.97. The molecule has 162 valence electrons. The maximum Gasteiger partial charge on any atom is 0.267 e. The van der Waals surface area contributed by atoms with Gasteiger partial charge in [-0.2, -0.15) is 5.10 Å². The highest BCUT2D eigenvalue weighted by atomic mass is 16.5. The van der Waals surface area contributed by atoms with Gasteiger partial charge in [-0.25, -0.2) is 4.98 Å². The molecule has 0 bridgehead atoms. The van der Waals surface area contributed by atoms with Crippen LogP contribution in [-0.4, -0.2) is 33.7 Å². The summed E-state index contributed by atoms with van der Waals surface area (Å²) in [5.41, 5.74) is 15.4. The van der Waals surface area contributed by atoms with E-state index in [4.69, 9.17) is 16.2 Å². The summed E-state index contributed by atoms with van der Waals surface area (Å²) in [5, 5.41) is 5.22. The summed E-state index contributed by atoms with van der Waals surface area (Å²) < 4.78 is 7.12. The second kappa shape index (κ2) is 8.14. The van der Waals surface area contributed by atoms with Crippen molar-refractivity contribution in [2.75, 3.05) is 7.11 Å². The van der Waals surface area contributed by atoms with Crippen molar-refractivity contribution in [2.24, 2.45) is 11.5 Å². The van der Waals surface area contributed by atoms with Crippen LogP contribution in [0.4, 0.5) is 0 Å². The predicted molar refractivity (Wildman–Crippen MR) is 122 cm³/mol. The van der Waals surface area contributed by atoms with Crippen LogP contribution in [0.25, 0.3) is 22.0 Å². The number of nitrogens with two attached hydrogens (primary N) is 2. The standard InChI is InChI=1S/C24H23N5O3/c1-13-19(14(2)29(28-13)12-15-7-6-8-16(11-15)32-3)21-20(23(25)30)17-9-4-5-10-18(17)27-22(21)24(26)31/h4-11H,12H2,1-3H3,(H2,25,30)(H2,26,31). The second-order valence-electron chi connectivity index (χ2n) is 7.51. The molecule has 0 aliphatic carbocycles. The van der Waals surface area contributed by atoms with Crippen LogP contribution in [0.1, 0.15) is 37.8 Å². The molecule has 0 aliphatic heterocycles. The lowest BCUT2D eigenvalue weighted by molar-refractivity contribution is 0.0996. The lowest BCUT2D eigenvalue weighted by atomic mass is 9.92. The van der Waals surface area contributed by atoms with Gasteiger partial charge in [-0.15, -0.1) is 0 Å². The molecule has 8 heteroatoms. The van der Waals surface area contributed by atoms with E-state index in [-0.39, 0.29) is 11.3 Å². The van der Waals surface area contributed by atoms with Gasteiger partial charge in [-0.3, -0.25) is 14.3 Å². The van der Waals surface area contributed by atoms with Crippen molar-refractivity contribution in [1.82, 2.24) is 14.8 Å². The number of aromatic nitrogens is 3. The summed E-state index contributed by atoms with van der Waals surface area (Å²) in [4.78, 5) is 29.4. The number of carbonyl (C=O) groups excluding carboxylic acids is 2. The van der Waals surface area contributed by atoms with E-state index in [0.29, 0.717) is 34.3 Å². The molecule has 2 aromatic carbocycles. The maximum atomic E-state index is 12.6. The number of aryl methyl sites for hydroxylation is 1. The zero-order valence-electron chi connectivity index (χ0n) is 18.0. The van der Waals surface area contributed by atoms with Crippen molar-refractivity contribution >= 4 is 22.7 Å². The van der Waals surface area contributed by atoms with Crippen molar-refractivity contribution in [3.8, 4) is 16.9 Å². The molecule has 8 nitrogen and oxygen atoms in total. The number of methoxy groups -OCH3 is 1. The molecule has 0 atom stereocenters. The van der Waals surface area contributed by atoms with Gasteiger partial charge in [0.2, 0.25) is 5.91 Å². The van der Waals surface area contributed by atoms with E-state index in [1.54, 1.807) is 31.4 Å². The van der Waals surface area contributed by atoms with Crippen molar-refractivity contribution in [2.45, 2.75) is 20.4 Å². The fourth-order valence-corrected chi connectivity index (χ4v) is 4.05. The second-order valence-corrected chi connectivity index (χ2v) is 7.51. The highest BCUT2D eigenvalue weighted by Crippen LogP contribution is 2.36. The largest absolute Gasteiger partial charge is 0.497 e. The molecule has 2 amide bonds. The molecule has 4 aromatic rings. The van der Waals surface area contributed by atoms with Crippen LogP contribution in [0.5, 0.6) is 5.75 Å². The van der Waals surface area contributed by atoms with Crippen molar-refractivity contribution in [3.05, 3.63) is 76.7 Å². The molecule has 0 radical (unpaired) electrons. The van der Waals surface area contributed by atoms with E-state index in [1.807, 2.05) is 42.8 Å². The minimum atomic E-state index is -0.743. The SMILES string of the molecule is COc1cccc(Cn2nc(C)c(-c3c(C(N)=O)nc4ccccc4c3C(N)=O)c2C)c1. The van der Waals surface area contributed by atoms with E-state index >= 15 is 0 Å². The molecule has 2 aromatic heterocycles. The molecule has 0 aliphatic rings. The molecule has 0 unspecified atom stereocenters. The van der Waals surface area contributed by atoms with Gasteiger partial charge in [0.1, 0.15) is 11.4 Å². The highest BCUT2D eigenvalue weighted by molar-refractivity contribution is 6.15. The fraction of sp³-hybridized carbons (Fsp3) is 0.167. The number of benzene rings is 2. The molecule has 0 saturated heterocycles. The Bertz CT molecular complexity index is 1370. The number of pyridine rings is 1. The summed E-state index contributed by atoms with van der Waals surface area (Å²) in [6.07, 6.45) is 0. The molecule has 2 heterocycles. The van der Waals surface area contributed by atoms with Gasteiger partial charge >= 0.3 is 0 Å². The maximum absolute atomic E-state index is 12.6. The van der Waals surface area contributed by atoms with Crippen molar-refractivity contribution in [3.63, 3.8) is 0 Å². The molecular formula is C24H23N5O3. The van der Waals surface area contributed by atoms with Crippen LogP contribution in [-0.2, 0) is 6.54 Å². The molecular weight excluding hydrogens is 406 g/mol. The number of para-hydroxylation sites is 1. The summed E-state index contributed by atoms with van der Waals surface area (Å²) >= 11 is 0. The van der Waals surface area contributed by atoms with E-state index in [0.717, 1.165) is 17.0 Å². The van der Waals surface area contributed by atoms with Crippen LogP contribution < -0.4 is 16.2 Å². The Morgan fingerprint density at radius 3 is 2.44 bits per heavy atom. The van der Waals surface area contributed by atoms with Gasteiger partial charge in [-0.05, 0) is 37.6 Å². The van der Waals surface area contributed by atoms with Crippen LogP contribution in [0, 0.1) is 13.8 Å². The Balaban J connectivity index is 1.97. The topological polar surface area (TPSA) is 126 Å². The van der Waals surface area contributed by atoms with Crippen molar-refractivity contribution in [1.29, 1.82) is 0 Å².